The zero-order valence-corrected chi connectivity index (χ0v) is 18.6. The van der Waals surface area contributed by atoms with Gasteiger partial charge in [0.05, 0.1) is 25.5 Å². The lowest BCUT2D eigenvalue weighted by Crippen LogP contribution is -2.21. The summed E-state index contributed by atoms with van der Waals surface area (Å²) in [7, 11) is 3.25. The highest BCUT2D eigenvalue weighted by Crippen LogP contribution is 2.38. The van der Waals surface area contributed by atoms with Crippen molar-refractivity contribution in [3.63, 3.8) is 0 Å². The Morgan fingerprint density at radius 1 is 1.06 bits per heavy atom. The predicted molar refractivity (Wildman–Crippen MR) is 122 cm³/mol. The first-order valence-corrected chi connectivity index (χ1v) is 11.3. The maximum Gasteiger partial charge on any atom is 0.253 e. The molecule has 4 aromatic rings. The molecule has 7 nitrogen and oxygen atoms in total. The van der Waals surface area contributed by atoms with E-state index >= 15 is 0 Å². The van der Waals surface area contributed by atoms with Crippen molar-refractivity contribution in [1.29, 1.82) is 0 Å². The molecule has 0 saturated heterocycles. The molecule has 2 heterocycles. The molecule has 0 aliphatic heterocycles. The van der Waals surface area contributed by atoms with Crippen molar-refractivity contribution < 1.29 is 14.3 Å². The number of benzene rings is 2. The summed E-state index contributed by atoms with van der Waals surface area (Å²) < 4.78 is 12.5. The summed E-state index contributed by atoms with van der Waals surface area (Å²) in [5, 5.41) is 5.16. The second-order valence-corrected chi connectivity index (χ2v) is 8.59. The predicted octanol–water partition coefficient (Wildman–Crippen LogP) is 4.35. The van der Waals surface area contributed by atoms with Gasteiger partial charge in [0.25, 0.3) is 5.78 Å². The molecule has 1 unspecified atom stereocenters. The Kier molecular flexibility index (Phi) is 5.53. The van der Waals surface area contributed by atoms with Crippen LogP contribution in [0.25, 0.3) is 5.78 Å². The molecule has 162 valence electrons. The quantitative estimate of drug-likeness (QED) is 0.408. The van der Waals surface area contributed by atoms with Gasteiger partial charge in [-0.05, 0) is 23.6 Å². The lowest BCUT2D eigenvalue weighted by molar-refractivity contribution is 0.0962. The number of hydrogen-bond donors (Lipinski definition) is 0. The molecule has 2 aromatic heterocycles. The highest BCUT2D eigenvalue weighted by Gasteiger charge is 2.30. The molecule has 1 aliphatic rings. The van der Waals surface area contributed by atoms with Gasteiger partial charge in [0.15, 0.2) is 5.78 Å². The van der Waals surface area contributed by atoms with Crippen LogP contribution in [0.1, 0.15) is 39.5 Å². The van der Waals surface area contributed by atoms with E-state index < -0.39 is 0 Å². The molecule has 32 heavy (non-hydrogen) atoms. The smallest absolute Gasteiger partial charge is 0.253 e. The van der Waals surface area contributed by atoms with Gasteiger partial charge < -0.3 is 9.47 Å². The van der Waals surface area contributed by atoms with Gasteiger partial charge in [-0.1, -0.05) is 48.2 Å². The Hall–Kier alpha value is -3.39. The van der Waals surface area contributed by atoms with Gasteiger partial charge in [0.2, 0.25) is 5.16 Å². The minimum absolute atomic E-state index is 0.0133. The topological polar surface area (TPSA) is 78.6 Å². The van der Waals surface area contributed by atoms with Gasteiger partial charge in [0.1, 0.15) is 11.5 Å². The van der Waals surface area contributed by atoms with E-state index in [9.17, 15) is 4.79 Å². The van der Waals surface area contributed by atoms with Gasteiger partial charge >= 0.3 is 0 Å². The molecule has 1 atom stereocenters. The van der Waals surface area contributed by atoms with E-state index in [0.717, 1.165) is 22.8 Å². The maximum atomic E-state index is 13.0. The third-order valence-electron chi connectivity index (χ3n) is 5.65. The van der Waals surface area contributed by atoms with Crippen molar-refractivity contribution >= 4 is 23.3 Å². The number of thioether (sulfide) groups is 1. The molecule has 0 fully saturated rings. The number of aromatic nitrogens is 4. The Morgan fingerprint density at radius 2 is 1.91 bits per heavy atom. The highest BCUT2D eigenvalue weighted by molar-refractivity contribution is 7.98. The molecule has 5 rings (SSSR count). The largest absolute Gasteiger partial charge is 0.497 e. The zero-order chi connectivity index (χ0) is 22.1. The van der Waals surface area contributed by atoms with E-state index in [1.807, 2.05) is 36.4 Å². The maximum absolute atomic E-state index is 13.0. The van der Waals surface area contributed by atoms with Gasteiger partial charge in [0, 0.05) is 30.4 Å². The summed E-state index contributed by atoms with van der Waals surface area (Å²) in [5.74, 6) is 2.76. The third-order valence-corrected chi connectivity index (χ3v) is 6.56. The Balaban J connectivity index is 1.42. The molecule has 0 radical (unpaired) electrons. The molecule has 0 bridgehead atoms. The minimum atomic E-state index is -0.0133. The monoisotopic (exact) mass is 446 g/mol. The van der Waals surface area contributed by atoms with E-state index in [1.54, 1.807) is 36.7 Å². The fraction of sp³-hybridized carbons (Fsp3) is 0.250. The molecular formula is C24H22N4O3S. The zero-order valence-electron chi connectivity index (χ0n) is 17.8. The molecule has 1 aliphatic carbocycles. The Bertz CT molecular complexity index is 1290. The van der Waals surface area contributed by atoms with Crippen molar-refractivity contribution in [2.24, 2.45) is 0 Å². The number of nitrogens with zero attached hydrogens (tertiary/aromatic N) is 4. The van der Waals surface area contributed by atoms with E-state index in [2.05, 4.69) is 22.2 Å². The fourth-order valence-corrected chi connectivity index (χ4v) is 4.80. The summed E-state index contributed by atoms with van der Waals surface area (Å²) >= 11 is 1.55. The summed E-state index contributed by atoms with van der Waals surface area (Å²) in [6.45, 7) is 0. The molecule has 0 saturated carbocycles. The van der Waals surface area contributed by atoms with Gasteiger partial charge in [-0.2, -0.15) is 4.98 Å². The number of ether oxygens (including phenoxy) is 2. The fourth-order valence-electron chi connectivity index (χ4n) is 4.02. The van der Waals surface area contributed by atoms with Crippen molar-refractivity contribution in [3.8, 4) is 11.5 Å². The Labute approximate surface area is 189 Å². The number of ketones is 1. The van der Waals surface area contributed by atoms with E-state index in [4.69, 9.17) is 14.5 Å². The third kappa shape index (κ3) is 3.93. The SMILES string of the molecule is COc1ccc(C2CC(=O)c3cn4nc(SCc5ccccc5)nc4nc3C2)c(OC)c1. The number of carbonyl (C=O) groups excluding carboxylic acids is 1. The molecule has 2 aromatic carbocycles. The summed E-state index contributed by atoms with van der Waals surface area (Å²) in [6, 6.07) is 15.9. The van der Waals surface area contributed by atoms with Crippen molar-refractivity contribution in [3.05, 3.63) is 77.1 Å². The van der Waals surface area contributed by atoms with Crippen LogP contribution in [0.4, 0.5) is 0 Å². The van der Waals surface area contributed by atoms with E-state index in [1.165, 1.54) is 5.56 Å². The van der Waals surface area contributed by atoms with Crippen molar-refractivity contribution in [2.75, 3.05) is 14.2 Å². The second-order valence-electron chi connectivity index (χ2n) is 7.65. The van der Waals surface area contributed by atoms with Crippen LogP contribution < -0.4 is 9.47 Å². The lowest BCUT2D eigenvalue weighted by Gasteiger charge is -2.24. The van der Waals surface area contributed by atoms with Crippen LogP contribution in [0.5, 0.6) is 11.5 Å². The lowest BCUT2D eigenvalue weighted by atomic mass is 9.82. The normalized spacial score (nSPS) is 15.6. The summed E-state index contributed by atoms with van der Waals surface area (Å²) in [6.07, 6.45) is 2.80. The van der Waals surface area contributed by atoms with Gasteiger partial charge in [-0.15, -0.1) is 5.10 Å². The highest BCUT2D eigenvalue weighted by atomic mass is 32.2. The number of methoxy groups -OCH3 is 2. The molecule has 0 amide bonds. The first-order chi connectivity index (χ1) is 15.6. The van der Waals surface area contributed by atoms with Crippen LogP contribution in [0.2, 0.25) is 0 Å². The van der Waals surface area contributed by atoms with Gasteiger partial charge in [-0.3, -0.25) is 4.79 Å². The first kappa shape index (κ1) is 20.5. The van der Waals surface area contributed by atoms with Gasteiger partial charge in [-0.25, -0.2) is 9.50 Å². The number of fused-ring (bicyclic) bond motifs is 2. The minimum Gasteiger partial charge on any atom is -0.497 e. The van der Waals surface area contributed by atoms with Crippen LogP contribution in [0, 0.1) is 0 Å². The standard InChI is InChI=1S/C24H22N4O3S/c1-30-17-8-9-18(22(12-17)31-2)16-10-20-19(21(29)11-16)13-28-23(25-20)26-24(27-28)32-14-15-6-4-3-5-7-15/h3-9,12-13,16H,10-11,14H2,1-2H3. The first-order valence-electron chi connectivity index (χ1n) is 10.3. The number of Topliss-reactive ketones (excluding diaryl/α,β-unsaturated/α-hetero) is 1. The summed E-state index contributed by atoms with van der Waals surface area (Å²) in [5.41, 5.74) is 3.55. The van der Waals surface area contributed by atoms with E-state index in [-0.39, 0.29) is 11.7 Å². The van der Waals surface area contributed by atoms with Crippen LogP contribution in [0.3, 0.4) is 0 Å². The number of carbonyl (C=O) groups is 1. The average molecular weight is 447 g/mol. The number of rotatable bonds is 6. The van der Waals surface area contributed by atoms with Crippen molar-refractivity contribution in [2.45, 2.75) is 29.7 Å². The van der Waals surface area contributed by atoms with Crippen LogP contribution in [-0.2, 0) is 12.2 Å². The Morgan fingerprint density at radius 3 is 2.69 bits per heavy atom. The average Bonchev–Trinajstić information content (AvgIpc) is 3.23. The summed E-state index contributed by atoms with van der Waals surface area (Å²) in [4.78, 5) is 22.2. The van der Waals surface area contributed by atoms with Crippen LogP contribution >= 0.6 is 11.8 Å². The molecule has 8 heteroatoms. The van der Waals surface area contributed by atoms with E-state index in [0.29, 0.717) is 35.1 Å². The molecular weight excluding hydrogens is 424 g/mol. The van der Waals surface area contributed by atoms with Crippen LogP contribution in [0.15, 0.2) is 59.9 Å². The van der Waals surface area contributed by atoms with Crippen LogP contribution in [-0.4, -0.2) is 39.6 Å². The molecule has 0 spiro atoms. The second kappa shape index (κ2) is 8.63. The van der Waals surface area contributed by atoms with Crippen molar-refractivity contribution in [1.82, 2.24) is 19.6 Å². The number of hydrogen-bond acceptors (Lipinski definition) is 7. The molecule has 0 N–H and O–H groups in total.